The zero-order valence-electron chi connectivity index (χ0n) is 14.0. The van der Waals surface area contributed by atoms with E-state index in [1.807, 2.05) is 54.0 Å². The number of carbonyl (C=O) groups is 1. The summed E-state index contributed by atoms with van der Waals surface area (Å²) in [5, 5.41) is 18.1. The van der Waals surface area contributed by atoms with Gasteiger partial charge in [0.25, 0.3) is 0 Å². The molecule has 0 saturated heterocycles. The first-order chi connectivity index (χ1) is 12.5. The van der Waals surface area contributed by atoms with Crippen molar-refractivity contribution in [2.75, 3.05) is 0 Å². The second-order valence-corrected chi connectivity index (χ2v) is 6.47. The van der Waals surface area contributed by atoms with Crippen LogP contribution in [0.1, 0.15) is 28.3 Å². The largest absolute Gasteiger partial charge is 0.481 e. The highest BCUT2D eigenvalue weighted by Crippen LogP contribution is 2.29. The molecule has 7 heteroatoms. The first-order valence-electron chi connectivity index (χ1n) is 8.10. The lowest BCUT2D eigenvalue weighted by Gasteiger charge is -2.14. The number of benzene rings is 2. The fourth-order valence-electron chi connectivity index (χ4n) is 3.19. The molecule has 26 heavy (non-hydrogen) atoms. The van der Waals surface area contributed by atoms with E-state index in [9.17, 15) is 4.79 Å². The number of carboxylic acids is 1. The van der Waals surface area contributed by atoms with Crippen molar-refractivity contribution in [2.24, 2.45) is 4.99 Å². The second kappa shape index (κ2) is 6.38. The van der Waals surface area contributed by atoms with Gasteiger partial charge in [0.2, 0.25) is 0 Å². The molecule has 0 unspecified atom stereocenters. The monoisotopic (exact) mass is 366 g/mol. The van der Waals surface area contributed by atoms with Crippen molar-refractivity contribution < 1.29 is 9.90 Å². The van der Waals surface area contributed by atoms with Gasteiger partial charge in [-0.15, -0.1) is 10.2 Å². The zero-order valence-corrected chi connectivity index (χ0v) is 14.7. The van der Waals surface area contributed by atoms with Crippen LogP contribution in [0, 0.1) is 6.92 Å². The molecule has 2 aromatic carbocycles. The molecule has 1 aliphatic rings. The Morgan fingerprint density at radius 2 is 2.00 bits per heavy atom. The molecule has 1 aliphatic heterocycles. The molecule has 6 nitrogen and oxygen atoms in total. The van der Waals surface area contributed by atoms with Gasteiger partial charge in [-0.05, 0) is 30.7 Å². The molecule has 0 radical (unpaired) electrons. The van der Waals surface area contributed by atoms with Crippen molar-refractivity contribution in [1.29, 1.82) is 0 Å². The normalized spacial score (nSPS) is 12.8. The van der Waals surface area contributed by atoms with E-state index in [1.165, 1.54) is 0 Å². The molecule has 4 rings (SSSR count). The van der Waals surface area contributed by atoms with E-state index in [0.29, 0.717) is 17.1 Å². The van der Waals surface area contributed by atoms with Crippen LogP contribution in [0.2, 0.25) is 5.02 Å². The first kappa shape index (κ1) is 16.5. The number of nitrogens with zero attached hydrogens (tertiary/aromatic N) is 4. The number of aliphatic imine (C=N–C) groups is 1. The Bertz CT molecular complexity index is 1060. The summed E-state index contributed by atoms with van der Waals surface area (Å²) in [6.45, 7) is 2.25. The molecular weight excluding hydrogens is 352 g/mol. The lowest BCUT2D eigenvalue weighted by Crippen LogP contribution is -2.10. The van der Waals surface area contributed by atoms with Crippen LogP contribution < -0.4 is 0 Å². The van der Waals surface area contributed by atoms with Gasteiger partial charge < -0.3 is 5.11 Å². The molecule has 1 N–H and O–H groups in total. The maximum Gasteiger partial charge on any atom is 0.307 e. The lowest BCUT2D eigenvalue weighted by molar-refractivity contribution is -0.136. The number of rotatable bonds is 3. The van der Waals surface area contributed by atoms with Crippen LogP contribution in [0.3, 0.4) is 0 Å². The quantitative estimate of drug-likeness (QED) is 0.771. The highest BCUT2D eigenvalue weighted by molar-refractivity contribution is 6.35. The van der Waals surface area contributed by atoms with Crippen LogP contribution in [0.4, 0.5) is 0 Å². The van der Waals surface area contributed by atoms with E-state index in [1.54, 1.807) is 0 Å². The lowest BCUT2D eigenvalue weighted by atomic mass is 9.97. The molecule has 3 aromatic rings. The van der Waals surface area contributed by atoms with E-state index < -0.39 is 5.97 Å². The average molecular weight is 367 g/mol. The van der Waals surface area contributed by atoms with E-state index in [0.717, 1.165) is 34.2 Å². The van der Waals surface area contributed by atoms with Gasteiger partial charge in [-0.3, -0.25) is 14.4 Å². The number of aromatic nitrogens is 3. The molecule has 0 amide bonds. The molecule has 0 bridgehead atoms. The third-order valence-corrected chi connectivity index (χ3v) is 4.64. The van der Waals surface area contributed by atoms with Crippen molar-refractivity contribution in [2.45, 2.75) is 19.9 Å². The minimum absolute atomic E-state index is 0.0584. The Morgan fingerprint density at radius 1 is 1.19 bits per heavy atom. The summed E-state index contributed by atoms with van der Waals surface area (Å²) in [6.07, 6.45) is -0.0584. The third-order valence-electron chi connectivity index (χ3n) is 4.31. The van der Waals surface area contributed by atoms with Crippen LogP contribution in [-0.2, 0) is 17.8 Å². The molecule has 1 aromatic heterocycles. The summed E-state index contributed by atoms with van der Waals surface area (Å²) in [5.41, 5.74) is 3.92. The Hall–Kier alpha value is -2.99. The van der Waals surface area contributed by atoms with Gasteiger partial charge in [0.1, 0.15) is 12.4 Å². The van der Waals surface area contributed by atoms with E-state index in [-0.39, 0.29) is 6.42 Å². The summed E-state index contributed by atoms with van der Waals surface area (Å²) >= 11 is 6.41. The van der Waals surface area contributed by atoms with Gasteiger partial charge in [-0.25, -0.2) is 0 Å². The number of carboxylic acid groups (broad SMARTS) is 1. The summed E-state index contributed by atoms with van der Waals surface area (Å²) in [5.74, 6) is 0.607. The average Bonchev–Trinajstić information content (AvgIpc) is 2.89. The van der Waals surface area contributed by atoms with E-state index in [4.69, 9.17) is 21.7 Å². The predicted molar refractivity (Wildman–Crippen MR) is 98.2 cm³/mol. The highest BCUT2D eigenvalue weighted by Gasteiger charge is 2.23. The SMILES string of the molecule is Cc1nnc2n1-c1ccc(CC(=O)O)cc1C(c1ccccc1Cl)=NC2. The number of hydrogen-bond acceptors (Lipinski definition) is 4. The molecular formula is C19H15ClN4O2. The maximum absolute atomic E-state index is 11.1. The topological polar surface area (TPSA) is 80.4 Å². The smallest absolute Gasteiger partial charge is 0.307 e. The van der Waals surface area contributed by atoms with Gasteiger partial charge in [-0.1, -0.05) is 35.9 Å². The number of halogens is 1. The zero-order chi connectivity index (χ0) is 18.3. The molecule has 0 aliphatic carbocycles. The van der Waals surface area contributed by atoms with Crippen LogP contribution in [-0.4, -0.2) is 31.6 Å². The standard InChI is InChI=1S/C19H15ClN4O2/c1-11-22-23-17-10-21-19(13-4-2-3-5-15(13)20)14-8-12(9-18(25)26)6-7-16(14)24(11)17/h2-8H,9-10H2,1H3,(H,25,26). The van der Waals surface area contributed by atoms with Crippen LogP contribution in [0.15, 0.2) is 47.5 Å². The molecule has 0 fully saturated rings. The van der Waals surface area contributed by atoms with Gasteiger partial charge in [0, 0.05) is 16.1 Å². The Labute approximate surface area is 154 Å². The Kier molecular flexibility index (Phi) is 4.05. The van der Waals surface area contributed by atoms with Gasteiger partial charge in [0.15, 0.2) is 5.82 Å². The summed E-state index contributed by atoms with van der Waals surface area (Å²) in [7, 11) is 0. The van der Waals surface area contributed by atoms with E-state index in [2.05, 4.69) is 10.2 Å². The van der Waals surface area contributed by atoms with Crippen molar-refractivity contribution in [1.82, 2.24) is 14.8 Å². The molecule has 2 heterocycles. The van der Waals surface area contributed by atoms with Crippen molar-refractivity contribution in [3.8, 4) is 5.69 Å². The van der Waals surface area contributed by atoms with Crippen molar-refractivity contribution in [3.05, 3.63) is 75.8 Å². The molecule has 130 valence electrons. The maximum atomic E-state index is 11.1. The van der Waals surface area contributed by atoms with Crippen molar-refractivity contribution >= 4 is 23.3 Å². The Balaban J connectivity index is 1.97. The number of aryl methyl sites for hydroxylation is 1. The van der Waals surface area contributed by atoms with Gasteiger partial charge in [0.05, 0.1) is 17.8 Å². The summed E-state index contributed by atoms with van der Waals surface area (Å²) in [6, 6.07) is 13.1. The van der Waals surface area contributed by atoms with E-state index >= 15 is 0 Å². The minimum Gasteiger partial charge on any atom is -0.481 e. The fourth-order valence-corrected chi connectivity index (χ4v) is 3.42. The van der Waals surface area contributed by atoms with Crippen LogP contribution >= 0.6 is 11.6 Å². The second-order valence-electron chi connectivity index (χ2n) is 6.07. The molecule has 0 saturated carbocycles. The number of fused-ring (bicyclic) bond motifs is 3. The fraction of sp³-hybridized carbons (Fsp3) is 0.158. The summed E-state index contributed by atoms with van der Waals surface area (Å²) < 4.78 is 1.95. The molecule has 0 spiro atoms. The van der Waals surface area contributed by atoms with Gasteiger partial charge in [-0.2, -0.15) is 0 Å². The highest BCUT2D eigenvalue weighted by atomic mass is 35.5. The third kappa shape index (κ3) is 2.78. The number of hydrogen-bond donors (Lipinski definition) is 1. The molecule has 0 atom stereocenters. The Morgan fingerprint density at radius 3 is 2.77 bits per heavy atom. The van der Waals surface area contributed by atoms with Crippen molar-refractivity contribution in [3.63, 3.8) is 0 Å². The van der Waals surface area contributed by atoms with Gasteiger partial charge >= 0.3 is 5.97 Å². The van der Waals surface area contributed by atoms with Crippen LogP contribution in [0.5, 0.6) is 0 Å². The first-order valence-corrected chi connectivity index (χ1v) is 8.48. The summed E-state index contributed by atoms with van der Waals surface area (Å²) in [4.78, 5) is 15.9. The van der Waals surface area contributed by atoms with Crippen LogP contribution in [0.25, 0.3) is 5.69 Å². The minimum atomic E-state index is -0.879. The number of aliphatic carboxylic acids is 1. The predicted octanol–water partition coefficient (Wildman–Crippen LogP) is 3.21.